The second-order valence-electron chi connectivity index (χ2n) is 14.4. The first kappa shape index (κ1) is 33.7. The zero-order valence-corrected chi connectivity index (χ0v) is 30.2. The number of thiazole rings is 1. The van der Waals surface area contributed by atoms with E-state index in [9.17, 15) is 9.59 Å². The molecule has 0 saturated carbocycles. The van der Waals surface area contributed by atoms with Crippen LogP contribution in [0.2, 0.25) is 25.7 Å². The molecule has 252 valence electrons. The van der Waals surface area contributed by atoms with Crippen molar-refractivity contribution in [2.75, 3.05) is 45.7 Å². The molecule has 2 aliphatic rings. The molecule has 2 fully saturated rings. The molecule has 0 spiro atoms. The number of amides is 2. The van der Waals surface area contributed by atoms with E-state index < -0.39 is 19.9 Å². The summed E-state index contributed by atoms with van der Waals surface area (Å²) in [5, 5.41) is 9.20. The number of likely N-dealkylation sites (tertiary alicyclic amines) is 2. The molecule has 11 nitrogen and oxygen atoms in total. The van der Waals surface area contributed by atoms with E-state index >= 15 is 0 Å². The van der Waals surface area contributed by atoms with E-state index in [1.165, 1.54) is 0 Å². The Morgan fingerprint density at radius 2 is 1.94 bits per heavy atom. The molecular weight excluding hydrogens is 631 g/mol. The number of ether oxygens (including phenoxy) is 2. The number of likely N-dealkylation sites (N-methyl/N-ethyl adjacent to an activating group) is 1. The van der Waals surface area contributed by atoms with Crippen molar-refractivity contribution < 1.29 is 19.1 Å². The van der Waals surface area contributed by atoms with E-state index in [1.54, 1.807) is 46.6 Å². The number of aromatic nitrogens is 4. The topological polar surface area (TPSA) is 115 Å². The predicted octanol–water partition coefficient (Wildman–Crippen LogP) is 5.73. The van der Waals surface area contributed by atoms with Crippen molar-refractivity contribution in [1.29, 1.82) is 0 Å². The van der Waals surface area contributed by atoms with Gasteiger partial charge < -0.3 is 24.6 Å². The van der Waals surface area contributed by atoms with Crippen molar-refractivity contribution in [2.24, 2.45) is 5.92 Å². The first-order chi connectivity index (χ1) is 22.5. The summed E-state index contributed by atoms with van der Waals surface area (Å²) in [6.45, 7) is 12.4. The maximum absolute atomic E-state index is 13.9. The van der Waals surface area contributed by atoms with Gasteiger partial charge in [-0.2, -0.15) is 5.10 Å². The molecule has 2 amide bonds. The van der Waals surface area contributed by atoms with E-state index in [0.717, 1.165) is 64.6 Å². The Kier molecular flexibility index (Phi) is 10.1. The molecule has 0 aliphatic carbocycles. The first-order valence-corrected chi connectivity index (χ1v) is 21.1. The van der Waals surface area contributed by atoms with Crippen LogP contribution in [0.1, 0.15) is 48.7 Å². The minimum absolute atomic E-state index is 0.113. The highest BCUT2D eigenvalue weighted by Crippen LogP contribution is 2.38. The Labute approximate surface area is 281 Å². The van der Waals surface area contributed by atoms with Crippen molar-refractivity contribution in [3.05, 3.63) is 47.4 Å². The lowest BCUT2D eigenvalue weighted by molar-refractivity contribution is -0.146. The van der Waals surface area contributed by atoms with Gasteiger partial charge in [0.05, 0.1) is 51.0 Å². The van der Waals surface area contributed by atoms with Gasteiger partial charge in [-0.25, -0.2) is 9.67 Å². The molecule has 1 aromatic carbocycles. The van der Waals surface area contributed by atoms with Gasteiger partial charge in [-0.15, -0.1) is 11.3 Å². The third-order valence-corrected chi connectivity index (χ3v) is 12.3. The smallest absolute Gasteiger partial charge is 0.314 e. The largest absolute Gasteiger partial charge is 0.379 e. The van der Waals surface area contributed by atoms with Crippen LogP contribution in [0.3, 0.4) is 0 Å². The average molecular weight is 678 g/mol. The molecule has 0 radical (unpaired) electrons. The van der Waals surface area contributed by atoms with Gasteiger partial charge in [0.25, 0.3) is 0 Å². The zero-order chi connectivity index (χ0) is 33.3. The second kappa shape index (κ2) is 14.1. The number of piperidine rings is 2. The van der Waals surface area contributed by atoms with Crippen LogP contribution >= 0.6 is 11.3 Å². The number of hydrogen-bond donors (Lipinski definition) is 1. The number of pyridine rings is 1. The van der Waals surface area contributed by atoms with Crippen LogP contribution in [0.25, 0.3) is 21.1 Å². The van der Waals surface area contributed by atoms with Crippen molar-refractivity contribution in [2.45, 2.75) is 76.7 Å². The van der Waals surface area contributed by atoms with E-state index in [0.29, 0.717) is 24.4 Å². The first-order valence-electron chi connectivity index (χ1n) is 16.6. The number of carbonyl (C=O) groups excluding carboxylic acids is 2. The highest BCUT2D eigenvalue weighted by atomic mass is 32.1. The molecule has 2 saturated heterocycles. The van der Waals surface area contributed by atoms with Crippen LogP contribution in [0.5, 0.6) is 0 Å². The number of carbonyl (C=O) groups is 2. The summed E-state index contributed by atoms with van der Waals surface area (Å²) in [5.74, 6) is -0.686. The van der Waals surface area contributed by atoms with E-state index in [-0.39, 0.29) is 30.7 Å². The Balaban J connectivity index is 1.20. The number of methoxy groups -OCH3 is 1. The SMILES string of the molecule is CO[C@@H]1CN(C)CC[C@H]1c1nc2cc([C@H]3CC[C@H](C)CN3C(=O)C(=O)Nc3cncc4cnn(COCC[Si](C)(C)C)c34)ccc2s1. The molecule has 4 atom stereocenters. The molecule has 3 aromatic heterocycles. The van der Waals surface area contributed by atoms with Crippen molar-refractivity contribution in [3.8, 4) is 0 Å². The Bertz CT molecular complexity index is 1740. The number of fused-ring (bicyclic) bond motifs is 2. The van der Waals surface area contributed by atoms with Gasteiger partial charge >= 0.3 is 11.8 Å². The quantitative estimate of drug-likeness (QED) is 0.136. The van der Waals surface area contributed by atoms with Gasteiger partial charge in [0, 0.05) is 52.4 Å². The van der Waals surface area contributed by atoms with Crippen LogP contribution in [0.4, 0.5) is 5.69 Å². The molecule has 47 heavy (non-hydrogen) atoms. The Hall–Kier alpha value is -3.23. The molecule has 13 heteroatoms. The van der Waals surface area contributed by atoms with Crippen molar-refractivity contribution in [3.63, 3.8) is 0 Å². The van der Waals surface area contributed by atoms with Gasteiger partial charge in [-0.3, -0.25) is 14.6 Å². The number of benzene rings is 1. The van der Waals surface area contributed by atoms with Crippen LogP contribution < -0.4 is 5.32 Å². The lowest BCUT2D eigenvalue weighted by Crippen LogP contribution is -2.46. The Morgan fingerprint density at radius 1 is 1.11 bits per heavy atom. The minimum Gasteiger partial charge on any atom is -0.379 e. The van der Waals surface area contributed by atoms with Crippen LogP contribution in [-0.4, -0.2) is 95.9 Å². The monoisotopic (exact) mass is 677 g/mol. The van der Waals surface area contributed by atoms with Gasteiger partial charge in [-0.1, -0.05) is 32.6 Å². The zero-order valence-electron chi connectivity index (χ0n) is 28.4. The summed E-state index contributed by atoms with van der Waals surface area (Å²) in [6, 6.07) is 7.15. The number of nitrogens with zero attached hydrogens (tertiary/aromatic N) is 6. The number of hydrogen-bond acceptors (Lipinski definition) is 9. The summed E-state index contributed by atoms with van der Waals surface area (Å²) in [6.07, 6.45) is 7.84. The normalized spacial score (nSPS) is 22.6. The molecule has 2 aliphatic heterocycles. The molecule has 0 unspecified atom stereocenters. The molecule has 5 heterocycles. The maximum Gasteiger partial charge on any atom is 0.314 e. The number of anilines is 1. The number of rotatable bonds is 9. The van der Waals surface area contributed by atoms with Crippen LogP contribution in [0.15, 0.2) is 36.8 Å². The lowest BCUT2D eigenvalue weighted by Gasteiger charge is -2.38. The van der Waals surface area contributed by atoms with Crippen LogP contribution in [0, 0.1) is 5.92 Å². The van der Waals surface area contributed by atoms with E-state index in [1.807, 2.05) is 0 Å². The van der Waals surface area contributed by atoms with Gasteiger partial charge in [0.2, 0.25) is 0 Å². The fourth-order valence-corrected chi connectivity index (χ4v) is 8.60. The highest BCUT2D eigenvalue weighted by Gasteiger charge is 2.35. The predicted molar refractivity (Wildman–Crippen MR) is 188 cm³/mol. The molecule has 4 aromatic rings. The third-order valence-electron chi connectivity index (χ3n) is 9.47. The van der Waals surface area contributed by atoms with Crippen molar-refractivity contribution >= 4 is 58.0 Å². The van der Waals surface area contributed by atoms with E-state index in [2.05, 4.69) is 72.1 Å². The third kappa shape index (κ3) is 7.59. The van der Waals surface area contributed by atoms with Gasteiger partial charge in [0.15, 0.2) is 0 Å². The maximum atomic E-state index is 13.9. The molecule has 6 rings (SSSR count). The van der Waals surface area contributed by atoms with Crippen molar-refractivity contribution in [1.82, 2.24) is 29.5 Å². The number of nitrogens with one attached hydrogen (secondary N) is 1. The average Bonchev–Trinajstić information content (AvgIpc) is 3.66. The van der Waals surface area contributed by atoms with E-state index in [4.69, 9.17) is 14.5 Å². The summed E-state index contributed by atoms with van der Waals surface area (Å²) in [5.41, 5.74) is 3.06. The molecule has 1 N–H and O–H groups in total. The summed E-state index contributed by atoms with van der Waals surface area (Å²) in [7, 11) is 2.68. The van der Waals surface area contributed by atoms with Gasteiger partial charge in [0.1, 0.15) is 6.73 Å². The Morgan fingerprint density at radius 3 is 2.72 bits per heavy atom. The van der Waals surface area contributed by atoms with Crippen LogP contribution in [-0.2, 0) is 25.8 Å². The summed E-state index contributed by atoms with van der Waals surface area (Å²) in [4.78, 5) is 40.9. The molecule has 0 bridgehead atoms. The summed E-state index contributed by atoms with van der Waals surface area (Å²) < 4.78 is 14.6. The fraction of sp³-hybridized carbons (Fsp3) is 0.559. The summed E-state index contributed by atoms with van der Waals surface area (Å²) >= 11 is 1.73. The lowest BCUT2D eigenvalue weighted by atomic mass is 9.89. The second-order valence-corrected chi connectivity index (χ2v) is 21.1. The fourth-order valence-electron chi connectivity index (χ4n) is 6.71. The minimum atomic E-state index is -1.23. The standard InChI is InChI=1S/C34H47N7O4SSi/c1-22-7-9-28(23-8-10-30-26(15-23)38-33(46-30)25-11-12-39(2)20-29(25)44-3)40(19-22)34(43)32(42)37-27-18-35-16-24-17-36-41(31(24)27)21-45-13-14-47(4,5)6/h8,10,15-18,22,25,28-29H,7,9,11-14,19-21H2,1-6H3,(H,37,42)/t22-,25+,28+,29+/m0/s1. The molecular formula is C34H47N7O4SSi. The van der Waals surface area contributed by atoms with Gasteiger partial charge in [-0.05, 0) is 62.5 Å². The highest BCUT2D eigenvalue weighted by molar-refractivity contribution is 7.18.